The van der Waals surface area contributed by atoms with Crippen molar-refractivity contribution >= 4 is 17.6 Å². The maximum Gasteiger partial charge on any atom is 0.221 e. The van der Waals surface area contributed by atoms with Crippen molar-refractivity contribution in [3.05, 3.63) is 53.6 Å². The largest absolute Gasteiger partial charge is 0.493 e. The maximum absolute atomic E-state index is 11.5. The zero-order valence-electron chi connectivity index (χ0n) is 19.1. The molecule has 32 heavy (non-hydrogen) atoms. The zero-order valence-corrected chi connectivity index (χ0v) is 19.1. The van der Waals surface area contributed by atoms with Crippen LogP contribution in [0.3, 0.4) is 0 Å². The Morgan fingerprint density at radius 1 is 1.16 bits per heavy atom. The van der Waals surface area contributed by atoms with E-state index < -0.39 is 0 Å². The van der Waals surface area contributed by atoms with E-state index >= 15 is 0 Å². The number of amides is 1. The van der Waals surface area contributed by atoms with E-state index in [2.05, 4.69) is 44.8 Å². The topological polar surface area (TPSA) is 101 Å². The first-order chi connectivity index (χ1) is 15.5. The maximum atomic E-state index is 11.5. The lowest BCUT2D eigenvalue weighted by molar-refractivity contribution is -0.123. The fourth-order valence-electron chi connectivity index (χ4n) is 3.94. The molecule has 8 heteroatoms. The summed E-state index contributed by atoms with van der Waals surface area (Å²) in [5, 5.41) is 6.62. The Balaban J connectivity index is 1.57. The standard InChI is InChI=1S/C24H33N5O3/c1-26-24(28-20-9-10-21(31-2)22(13-20)32-3)27-14-17-6-4-7-18(12-17)15-29-11-5-8-19(16-29)23(25)30/h4,6-7,9-10,12-13,19H,5,8,11,14-16H2,1-3H3,(H2,25,30)(H2,26,27,28). The Morgan fingerprint density at radius 3 is 2.66 bits per heavy atom. The zero-order chi connectivity index (χ0) is 22.9. The molecule has 0 radical (unpaired) electrons. The van der Waals surface area contributed by atoms with Gasteiger partial charge in [0.05, 0.1) is 20.1 Å². The molecule has 1 aliphatic rings. The van der Waals surface area contributed by atoms with Crippen molar-refractivity contribution < 1.29 is 14.3 Å². The molecular weight excluding hydrogens is 406 g/mol. The molecule has 3 rings (SSSR count). The minimum Gasteiger partial charge on any atom is -0.493 e. The third-order valence-electron chi connectivity index (χ3n) is 5.64. The van der Waals surface area contributed by atoms with Gasteiger partial charge in [0.15, 0.2) is 17.5 Å². The van der Waals surface area contributed by atoms with Gasteiger partial charge in [-0.1, -0.05) is 24.3 Å². The van der Waals surface area contributed by atoms with Gasteiger partial charge in [-0.3, -0.25) is 14.7 Å². The lowest BCUT2D eigenvalue weighted by Crippen LogP contribution is -2.40. The van der Waals surface area contributed by atoms with Crippen LogP contribution in [0.2, 0.25) is 0 Å². The van der Waals surface area contributed by atoms with E-state index in [1.165, 1.54) is 5.56 Å². The number of anilines is 1. The summed E-state index contributed by atoms with van der Waals surface area (Å²) >= 11 is 0. The number of nitrogens with two attached hydrogens (primary N) is 1. The Kier molecular flexibility index (Phi) is 8.33. The quantitative estimate of drug-likeness (QED) is 0.432. The van der Waals surface area contributed by atoms with Gasteiger partial charge in [0.1, 0.15) is 0 Å². The van der Waals surface area contributed by atoms with Crippen LogP contribution in [0.15, 0.2) is 47.5 Å². The summed E-state index contributed by atoms with van der Waals surface area (Å²) in [4.78, 5) is 18.2. The van der Waals surface area contributed by atoms with Gasteiger partial charge >= 0.3 is 0 Å². The molecule has 0 aliphatic carbocycles. The Bertz CT molecular complexity index is 947. The van der Waals surface area contributed by atoms with Crippen LogP contribution in [0.1, 0.15) is 24.0 Å². The first kappa shape index (κ1) is 23.4. The molecule has 1 unspecified atom stereocenters. The molecule has 172 valence electrons. The number of rotatable bonds is 8. The molecule has 0 aromatic heterocycles. The van der Waals surface area contributed by atoms with E-state index in [0.29, 0.717) is 24.0 Å². The fourth-order valence-corrected chi connectivity index (χ4v) is 3.94. The molecular formula is C24H33N5O3. The van der Waals surface area contributed by atoms with Crippen molar-refractivity contribution in [2.75, 3.05) is 39.7 Å². The number of likely N-dealkylation sites (tertiary alicyclic amines) is 1. The van der Waals surface area contributed by atoms with E-state index in [0.717, 1.165) is 43.7 Å². The van der Waals surface area contributed by atoms with E-state index in [-0.39, 0.29) is 11.8 Å². The van der Waals surface area contributed by atoms with E-state index in [9.17, 15) is 4.79 Å². The van der Waals surface area contributed by atoms with Gasteiger partial charge in [-0.2, -0.15) is 0 Å². The number of guanidine groups is 1. The van der Waals surface area contributed by atoms with Crippen LogP contribution in [0.5, 0.6) is 11.5 Å². The van der Waals surface area contributed by atoms with Crippen molar-refractivity contribution in [2.45, 2.75) is 25.9 Å². The molecule has 0 bridgehead atoms. The number of piperidine rings is 1. The van der Waals surface area contributed by atoms with E-state index in [1.807, 2.05) is 18.2 Å². The summed E-state index contributed by atoms with van der Waals surface area (Å²) in [5.74, 6) is 1.74. The number of primary amides is 1. The van der Waals surface area contributed by atoms with Crippen LogP contribution in [0.4, 0.5) is 5.69 Å². The number of ether oxygens (including phenoxy) is 2. The number of nitrogens with zero attached hydrogens (tertiary/aromatic N) is 2. The summed E-state index contributed by atoms with van der Waals surface area (Å²) in [7, 11) is 4.96. The highest BCUT2D eigenvalue weighted by atomic mass is 16.5. The first-order valence-electron chi connectivity index (χ1n) is 10.8. The molecule has 1 heterocycles. The number of carbonyl (C=O) groups excluding carboxylic acids is 1. The molecule has 1 atom stereocenters. The average molecular weight is 440 g/mol. The molecule has 0 spiro atoms. The average Bonchev–Trinajstić information content (AvgIpc) is 2.82. The predicted octanol–water partition coefficient (Wildman–Crippen LogP) is 2.59. The van der Waals surface area contributed by atoms with Crippen LogP contribution in [-0.4, -0.2) is 51.1 Å². The minimum absolute atomic E-state index is 0.0421. The lowest BCUT2D eigenvalue weighted by Gasteiger charge is -2.31. The van der Waals surface area contributed by atoms with Crippen molar-refractivity contribution in [3.63, 3.8) is 0 Å². The first-order valence-corrected chi connectivity index (χ1v) is 10.8. The number of methoxy groups -OCH3 is 2. The molecule has 8 nitrogen and oxygen atoms in total. The number of hydrogen-bond donors (Lipinski definition) is 3. The third-order valence-corrected chi connectivity index (χ3v) is 5.64. The van der Waals surface area contributed by atoms with Crippen molar-refractivity contribution in [1.29, 1.82) is 0 Å². The Morgan fingerprint density at radius 2 is 1.94 bits per heavy atom. The summed E-state index contributed by atoms with van der Waals surface area (Å²) in [6.45, 7) is 3.18. The van der Waals surface area contributed by atoms with Crippen molar-refractivity contribution in [2.24, 2.45) is 16.6 Å². The number of carbonyl (C=O) groups is 1. The van der Waals surface area contributed by atoms with Gasteiger partial charge < -0.3 is 25.8 Å². The number of hydrogen-bond acceptors (Lipinski definition) is 5. The summed E-state index contributed by atoms with van der Waals surface area (Å²) < 4.78 is 10.6. The molecule has 1 amide bonds. The molecule has 0 saturated carbocycles. The molecule has 1 saturated heterocycles. The highest BCUT2D eigenvalue weighted by Gasteiger charge is 2.23. The summed E-state index contributed by atoms with van der Waals surface area (Å²) in [5.41, 5.74) is 8.73. The smallest absolute Gasteiger partial charge is 0.221 e. The van der Waals surface area contributed by atoms with Crippen LogP contribution in [0, 0.1) is 5.92 Å². The minimum atomic E-state index is -0.194. The van der Waals surface area contributed by atoms with Gasteiger partial charge in [-0.05, 0) is 42.6 Å². The second-order valence-electron chi connectivity index (χ2n) is 7.92. The Labute approximate surface area is 189 Å². The van der Waals surface area contributed by atoms with Gasteiger partial charge in [-0.25, -0.2) is 0 Å². The number of nitrogens with one attached hydrogen (secondary N) is 2. The van der Waals surface area contributed by atoms with Crippen molar-refractivity contribution in [1.82, 2.24) is 10.2 Å². The Hall–Kier alpha value is -3.26. The predicted molar refractivity (Wildman–Crippen MR) is 127 cm³/mol. The molecule has 1 fully saturated rings. The lowest BCUT2D eigenvalue weighted by atomic mass is 9.97. The second kappa shape index (κ2) is 11.4. The number of aliphatic imine (C=N–C) groups is 1. The summed E-state index contributed by atoms with van der Waals surface area (Å²) in [6, 6.07) is 14.1. The highest BCUT2D eigenvalue weighted by molar-refractivity contribution is 5.93. The van der Waals surface area contributed by atoms with Crippen molar-refractivity contribution in [3.8, 4) is 11.5 Å². The third kappa shape index (κ3) is 6.37. The van der Waals surface area contributed by atoms with Gasteiger partial charge in [-0.15, -0.1) is 0 Å². The van der Waals surface area contributed by atoms with Gasteiger partial charge in [0.25, 0.3) is 0 Å². The SMILES string of the molecule is CN=C(NCc1cccc(CN2CCCC(C(N)=O)C2)c1)Nc1ccc(OC)c(OC)c1. The molecule has 2 aromatic carbocycles. The van der Waals surface area contributed by atoms with Gasteiger partial charge in [0, 0.05) is 38.4 Å². The second-order valence-corrected chi connectivity index (χ2v) is 7.92. The highest BCUT2D eigenvalue weighted by Crippen LogP contribution is 2.29. The molecule has 4 N–H and O–H groups in total. The summed E-state index contributed by atoms with van der Waals surface area (Å²) in [6.07, 6.45) is 1.90. The molecule has 1 aliphatic heterocycles. The molecule has 2 aromatic rings. The van der Waals surface area contributed by atoms with E-state index in [1.54, 1.807) is 21.3 Å². The van der Waals surface area contributed by atoms with Crippen LogP contribution in [-0.2, 0) is 17.9 Å². The van der Waals surface area contributed by atoms with Gasteiger partial charge in [0.2, 0.25) is 5.91 Å². The van der Waals surface area contributed by atoms with Crippen LogP contribution >= 0.6 is 0 Å². The van der Waals surface area contributed by atoms with Crippen LogP contribution < -0.4 is 25.8 Å². The normalized spacial score (nSPS) is 17.0. The number of benzene rings is 2. The van der Waals surface area contributed by atoms with E-state index in [4.69, 9.17) is 15.2 Å². The monoisotopic (exact) mass is 439 g/mol. The fraction of sp³-hybridized carbons (Fsp3) is 0.417. The van der Waals surface area contributed by atoms with Crippen LogP contribution in [0.25, 0.3) is 0 Å².